The molecular weight excluding hydrogens is 256 g/mol. The van der Waals surface area contributed by atoms with E-state index in [0.717, 1.165) is 5.56 Å². The molecule has 0 bridgehead atoms. The number of benzene rings is 2. The summed E-state index contributed by atoms with van der Waals surface area (Å²) in [5, 5.41) is 21.4. The van der Waals surface area contributed by atoms with E-state index in [0.29, 0.717) is 24.3 Å². The minimum atomic E-state index is -1.01. The predicted octanol–water partition coefficient (Wildman–Crippen LogP) is 2.33. The van der Waals surface area contributed by atoms with Crippen molar-refractivity contribution in [3.8, 4) is 5.75 Å². The first-order chi connectivity index (χ1) is 9.58. The largest absolute Gasteiger partial charge is 0.508 e. The summed E-state index contributed by atoms with van der Waals surface area (Å²) in [6.07, 6.45) is 0.702. The van der Waals surface area contributed by atoms with Gasteiger partial charge in [-0.05, 0) is 36.2 Å². The molecule has 20 heavy (non-hydrogen) atoms. The Morgan fingerprint density at radius 3 is 2.50 bits per heavy atom. The molecule has 0 aliphatic rings. The number of nitrogen functional groups attached to an aromatic ring is 1. The summed E-state index contributed by atoms with van der Waals surface area (Å²) < 4.78 is 0. The van der Waals surface area contributed by atoms with Crippen LogP contribution in [0.5, 0.6) is 5.75 Å². The van der Waals surface area contributed by atoms with Crippen LogP contribution in [-0.4, -0.2) is 22.7 Å². The van der Waals surface area contributed by atoms with Gasteiger partial charge in [-0.2, -0.15) is 0 Å². The Kier molecular flexibility index (Phi) is 4.10. The Morgan fingerprint density at radius 2 is 1.85 bits per heavy atom. The molecular formula is C15H16N2O3. The molecule has 2 aromatic carbocycles. The van der Waals surface area contributed by atoms with Gasteiger partial charge in [0.05, 0.1) is 16.9 Å². The van der Waals surface area contributed by atoms with Crippen molar-refractivity contribution in [1.82, 2.24) is 0 Å². The maximum atomic E-state index is 11.1. The summed E-state index contributed by atoms with van der Waals surface area (Å²) in [4.78, 5) is 11.1. The predicted molar refractivity (Wildman–Crippen MR) is 78.1 cm³/mol. The lowest BCUT2D eigenvalue weighted by Crippen LogP contribution is -2.11. The highest BCUT2D eigenvalue weighted by atomic mass is 16.4. The molecule has 0 saturated heterocycles. The molecule has 5 nitrogen and oxygen atoms in total. The fourth-order valence-electron chi connectivity index (χ4n) is 1.94. The number of para-hydroxylation sites is 1. The highest BCUT2D eigenvalue weighted by Gasteiger charge is 2.11. The molecule has 0 aliphatic heterocycles. The van der Waals surface area contributed by atoms with Gasteiger partial charge in [-0.1, -0.05) is 18.2 Å². The molecule has 0 aromatic heterocycles. The zero-order valence-electron chi connectivity index (χ0n) is 10.8. The first kappa shape index (κ1) is 13.7. The normalized spacial score (nSPS) is 10.2. The van der Waals surface area contributed by atoms with Crippen molar-refractivity contribution in [3.63, 3.8) is 0 Å². The van der Waals surface area contributed by atoms with Crippen molar-refractivity contribution in [1.29, 1.82) is 0 Å². The lowest BCUT2D eigenvalue weighted by atomic mass is 10.1. The summed E-state index contributed by atoms with van der Waals surface area (Å²) in [6, 6.07) is 11.7. The van der Waals surface area contributed by atoms with Crippen molar-refractivity contribution in [2.45, 2.75) is 6.42 Å². The number of phenolic OH excluding ortho intramolecular Hbond substituents is 1. The lowest BCUT2D eigenvalue weighted by molar-refractivity contribution is 0.0698. The van der Waals surface area contributed by atoms with Crippen molar-refractivity contribution in [2.75, 3.05) is 17.6 Å². The van der Waals surface area contributed by atoms with Gasteiger partial charge in [0.2, 0.25) is 0 Å². The van der Waals surface area contributed by atoms with Crippen LogP contribution in [0.25, 0.3) is 0 Å². The second kappa shape index (κ2) is 5.97. The minimum Gasteiger partial charge on any atom is -0.508 e. The number of nitrogens with two attached hydrogens (primary N) is 1. The Labute approximate surface area is 116 Å². The zero-order chi connectivity index (χ0) is 14.5. The quantitative estimate of drug-likeness (QED) is 0.626. The molecule has 0 radical (unpaired) electrons. The van der Waals surface area contributed by atoms with Gasteiger partial charge in [-0.3, -0.25) is 0 Å². The first-order valence-corrected chi connectivity index (χ1v) is 6.21. The summed E-state index contributed by atoms with van der Waals surface area (Å²) in [7, 11) is 0. The van der Waals surface area contributed by atoms with Gasteiger partial charge >= 0.3 is 5.97 Å². The Bertz CT molecular complexity index is 609. The van der Waals surface area contributed by atoms with Crippen molar-refractivity contribution < 1.29 is 15.0 Å². The first-order valence-electron chi connectivity index (χ1n) is 6.21. The number of carboxylic acid groups (broad SMARTS) is 1. The molecule has 0 heterocycles. The van der Waals surface area contributed by atoms with E-state index in [4.69, 9.17) is 10.8 Å². The van der Waals surface area contributed by atoms with Crippen molar-refractivity contribution in [2.24, 2.45) is 0 Å². The van der Waals surface area contributed by atoms with E-state index in [-0.39, 0.29) is 11.3 Å². The van der Waals surface area contributed by atoms with Gasteiger partial charge in [0, 0.05) is 6.54 Å². The molecule has 0 spiro atoms. The third kappa shape index (κ3) is 3.20. The molecule has 0 aliphatic carbocycles. The van der Waals surface area contributed by atoms with Gasteiger partial charge < -0.3 is 21.3 Å². The van der Waals surface area contributed by atoms with Gasteiger partial charge in [-0.15, -0.1) is 0 Å². The van der Waals surface area contributed by atoms with E-state index in [1.54, 1.807) is 24.3 Å². The molecule has 2 aromatic rings. The molecule has 5 heteroatoms. The number of carboxylic acids is 1. The zero-order valence-corrected chi connectivity index (χ0v) is 10.8. The van der Waals surface area contributed by atoms with Crippen LogP contribution in [0.1, 0.15) is 15.9 Å². The number of rotatable bonds is 5. The number of carbonyl (C=O) groups is 1. The third-order valence-electron chi connectivity index (χ3n) is 2.98. The maximum absolute atomic E-state index is 11.1. The number of aromatic hydroxyl groups is 1. The second-order valence-corrected chi connectivity index (χ2v) is 4.42. The standard InChI is InChI=1S/C15H16N2O3/c16-13-3-1-2-12(15(19)20)14(13)17-9-8-10-4-6-11(18)7-5-10/h1-7,17-18H,8-9,16H2,(H,19,20). The molecule has 0 unspecified atom stereocenters. The van der Waals surface area contributed by atoms with E-state index in [1.807, 2.05) is 12.1 Å². The number of aromatic carboxylic acids is 1. The van der Waals surface area contributed by atoms with Crippen LogP contribution in [0.2, 0.25) is 0 Å². The summed E-state index contributed by atoms with van der Waals surface area (Å²) in [5.74, 6) is -0.786. The van der Waals surface area contributed by atoms with Crippen LogP contribution < -0.4 is 11.1 Å². The summed E-state index contributed by atoms with van der Waals surface area (Å²) in [6.45, 7) is 0.555. The monoisotopic (exact) mass is 272 g/mol. The van der Waals surface area contributed by atoms with Crippen LogP contribution >= 0.6 is 0 Å². The average Bonchev–Trinajstić information content (AvgIpc) is 2.42. The van der Waals surface area contributed by atoms with Crippen LogP contribution in [0, 0.1) is 0 Å². The van der Waals surface area contributed by atoms with Crippen LogP contribution in [0.4, 0.5) is 11.4 Å². The van der Waals surface area contributed by atoms with E-state index >= 15 is 0 Å². The fourth-order valence-corrected chi connectivity index (χ4v) is 1.94. The molecule has 0 atom stereocenters. The number of anilines is 2. The highest BCUT2D eigenvalue weighted by Crippen LogP contribution is 2.23. The number of nitrogens with one attached hydrogen (secondary N) is 1. The minimum absolute atomic E-state index is 0.163. The number of phenols is 1. The Hall–Kier alpha value is -2.69. The molecule has 5 N–H and O–H groups in total. The maximum Gasteiger partial charge on any atom is 0.337 e. The lowest BCUT2D eigenvalue weighted by Gasteiger charge is -2.12. The molecule has 0 saturated carbocycles. The Balaban J connectivity index is 2.04. The topological polar surface area (TPSA) is 95.6 Å². The van der Waals surface area contributed by atoms with E-state index < -0.39 is 5.97 Å². The van der Waals surface area contributed by atoms with Crippen LogP contribution in [-0.2, 0) is 6.42 Å². The molecule has 0 fully saturated rings. The second-order valence-electron chi connectivity index (χ2n) is 4.42. The van der Waals surface area contributed by atoms with Crippen LogP contribution in [0.3, 0.4) is 0 Å². The van der Waals surface area contributed by atoms with Crippen LogP contribution in [0.15, 0.2) is 42.5 Å². The van der Waals surface area contributed by atoms with Gasteiger partial charge in [0.1, 0.15) is 5.75 Å². The summed E-state index contributed by atoms with van der Waals surface area (Å²) >= 11 is 0. The van der Waals surface area contributed by atoms with Crippen molar-refractivity contribution >= 4 is 17.3 Å². The van der Waals surface area contributed by atoms with E-state index in [2.05, 4.69) is 5.32 Å². The highest BCUT2D eigenvalue weighted by molar-refractivity contribution is 5.97. The average molecular weight is 272 g/mol. The smallest absolute Gasteiger partial charge is 0.337 e. The van der Waals surface area contributed by atoms with Gasteiger partial charge in [0.15, 0.2) is 0 Å². The number of hydrogen-bond acceptors (Lipinski definition) is 4. The van der Waals surface area contributed by atoms with Gasteiger partial charge in [-0.25, -0.2) is 4.79 Å². The number of hydrogen-bond donors (Lipinski definition) is 4. The van der Waals surface area contributed by atoms with E-state index in [9.17, 15) is 9.90 Å². The molecule has 0 amide bonds. The summed E-state index contributed by atoms with van der Waals surface area (Å²) in [5.41, 5.74) is 7.86. The third-order valence-corrected chi connectivity index (χ3v) is 2.98. The molecule has 2 rings (SSSR count). The van der Waals surface area contributed by atoms with Gasteiger partial charge in [0.25, 0.3) is 0 Å². The SMILES string of the molecule is Nc1cccc(C(=O)O)c1NCCc1ccc(O)cc1. The van der Waals surface area contributed by atoms with E-state index in [1.165, 1.54) is 6.07 Å². The molecule has 104 valence electrons. The van der Waals surface area contributed by atoms with Crippen molar-refractivity contribution in [3.05, 3.63) is 53.6 Å². The fraction of sp³-hybridized carbons (Fsp3) is 0.133. The Morgan fingerprint density at radius 1 is 1.15 bits per heavy atom.